The topological polar surface area (TPSA) is 90.0 Å². The van der Waals surface area contributed by atoms with Crippen molar-refractivity contribution >= 4 is 27.7 Å². The second-order valence-corrected chi connectivity index (χ2v) is 10.2. The Morgan fingerprint density at radius 1 is 0.970 bits per heavy atom. The zero-order chi connectivity index (χ0) is 24.8. The molecule has 2 aromatic carbocycles. The SMILES string of the molecule is CC(C)NC(=O)C(C)N(Cc1ccccc1)C(=O)CN(c1ccccc1F)S(=O)(=O)N(C)C. The van der Waals surface area contributed by atoms with Crippen molar-refractivity contribution < 1.29 is 22.4 Å². The van der Waals surface area contributed by atoms with Gasteiger partial charge in [0.1, 0.15) is 18.4 Å². The first kappa shape index (κ1) is 26.3. The van der Waals surface area contributed by atoms with Crippen molar-refractivity contribution in [3.05, 3.63) is 66.0 Å². The third-order valence-electron chi connectivity index (χ3n) is 4.93. The first-order chi connectivity index (χ1) is 15.4. The van der Waals surface area contributed by atoms with Crippen LogP contribution < -0.4 is 9.62 Å². The number of carbonyl (C=O) groups excluding carboxylic acids is 2. The summed E-state index contributed by atoms with van der Waals surface area (Å²) in [6.45, 7) is 4.59. The number of hydrogen-bond acceptors (Lipinski definition) is 4. The molecule has 0 aliphatic carbocycles. The van der Waals surface area contributed by atoms with E-state index in [9.17, 15) is 22.4 Å². The number of carbonyl (C=O) groups is 2. The lowest BCUT2D eigenvalue weighted by Gasteiger charge is -2.33. The average molecular weight is 479 g/mol. The molecule has 2 amide bonds. The van der Waals surface area contributed by atoms with Crippen LogP contribution in [-0.4, -0.2) is 62.2 Å². The van der Waals surface area contributed by atoms with E-state index < -0.39 is 34.5 Å². The predicted molar refractivity (Wildman–Crippen MR) is 126 cm³/mol. The van der Waals surface area contributed by atoms with Crippen LogP contribution in [0.4, 0.5) is 10.1 Å². The predicted octanol–water partition coefficient (Wildman–Crippen LogP) is 2.38. The Morgan fingerprint density at radius 3 is 2.09 bits per heavy atom. The highest BCUT2D eigenvalue weighted by atomic mass is 32.2. The molecule has 0 spiro atoms. The lowest BCUT2D eigenvalue weighted by Crippen LogP contribution is -2.53. The van der Waals surface area contributed by atoms with E-state index in [1.807, 2.05) is 6.07 Å². The van der Waals surface area contributed by atoms with Gasteiger partial charge in [0.05, 0.1) is 5.69 Å². The van der Waals surface area contributed by atoms with Gasteiger partial charge in [0.25, 0.3) is 0 Å². The Labute approximate surface area is 195 Å². The maximum Gasteiger partial charge on any atom is 0.304 e. The lowest BCUT2D eigenvalue weighted by molar-refractivity contribution is -0.139. The number of para-hydroxylation sites is 1. The first-order valence-corrected chi connectivity index (χ1v) is 11.9. The summed E-state index contributed by atoms with van der Waals surface area (Å²) in [6.07, 6.45) is 0. The van der Waals surface area contributed by atoms with Crippen LogP contribution in [0.15, 0.2) is 54.6 Å². The molecule has 0 aliphatic rings. The summed E-state index contributed by atoms with van der Waals surface area (Å²) < 4.78 is 42.1. The smallest absolute Gasteiger partial charge is 0.304 e. The van der Waals surface area contributed by atoms with E-state index in [4.69, 9.17) is 0 Å². The van der Waals surface area contributed by atoms with Crippen molar-refractivity contribution in [2.24, 2.45) is 0 Å². The number of anilines is 1. The molecule has 2 rings (SSSR count). The Kier molecular flexibility index (Phi) is 8.95. The molecule has 1 atom stereocenters. The Balaban J connectivity index is 2.45. The van der Waals surface area contributed by atoms with E-state index in [1.54, 1.807) is 45.0 Å². The number of nitrogens with zero attached hydrogens (tertiary/aromatic N) is 3. The van der Waals surface area contributed by atoms with Crippen LogP contribution in [0, 0.1) is 5.82 Å². The fourth-order valence-corrected chi connectivity index (χ4v) is 4.19. The monoisotopic (exact) mass is 478 g/mol. The normalized spacial score (nSPS) is 12.5. The second-order valence-electron chi connectivity index (χ2n) is 8.09. The van der Waals surface area contributed by atoms with E-state index in [0.29, 0.717) is 0 Å². The van der Waals surface area contributed by atoms with Gasteiger partial charge in [0.15, 0.2) is 0 Å². The van der Waals surface area contributed by atoms with Crippen molar-refractivity contribution in [1.29, 1.82) is 0 Å². The standard InChI is InChI=1S/C23H31FN4O4S/c1-17(2)25-23(30)18(3)27(15-19-11-7-6-8-12-19)22(29)16-28(33(31,32)26(4)5)21-14-10-9-13-20(21)24/h6-14,17-18H,15-16H2,1-5H3,(H,25,30). The molecule has 0 heterocycles. The molecular formula is C23H31FN4O4S. The van der Waals surface area contributed by atoms with Crippen LogP contribution in [0.2, 0.25) is 0 Å². The summed E-state index contributed by atoms with van der Waals surface area (Å²) in [5, 5.41) is 2.77. The van der Waals surface area contributed by atoms with Gasteiger partial charge in [-0.3, -0.25) is 9.59 Å². The molecule has 10 heteroatoms. The van der Waals surface area contributed by atoms with Gasteiger partial charge in [0.2, 0.25) is 11.8 Å². The first-order valence-electron chi connectivity index (χ1n) is 10.5. The minimum Gasteiger partial charge on any atom is -0.352 e. The number of rotatable bonds is 10. The van der Waals surface area contributed by atoms with Gasteiger partial charge < -0.3 is 10.2 Å². The Morgan fingerprint density at radius 2 is 1.55 bits per heavy atom. The van der Waals surface area contributed by atoms with Gasteiger partial charge in [-0.05, 0) is 38.5 Å². The molecule has 8 nitrogen and oxygen atoms in total. The van der Waals surface area contributed by atoms with Gasteiger partial charge in [-0.2, -0.15) is 12.7 Å². The fourth-order valence-electron chi connectivity index (χ4n) is 3.12. The third kappa shape index (κ3) is 6.75. The van der Waals surface area contributed by atoms with Crippen molar-refractivity contribution in [2.75, 3.05) is 24.9 Å². The van der Waals surface area contributed by atoms with Crippen LogP contribution in [-0.2, 0) is 26.3 Å². The summed E-state index contributed by atoms with van der Waals surface area (Å²) in [7, 11) is -1.60. The number of hydrogen-bond donors (Lipinski definition) is 1. The zero-order valence-corrected chi connectivity index (χ0v) is 20.3. The van der Waals surface area contributed by atoms with E-state index in [1.165, 1.54) is 37.2 Å². The molecule has 0 radical (unpaired) electrons. The van der Waals surface area contributed by atoms with Crippen LogP contribution in [0.5, 0.6) is 0 Å². The summed E-state index contributed by atoms with van der Waals surface area (Å²) in [5.41, 5.74) is 0.515. The molecule has 33 heavy (non-hydrogen) atoms. The van der Waals surface area contributed by atoms with Gasteiger partial charge in [-0.1, -0.05) is 42.5 Å². The van der Waals surface area contributed by atoms with E-state index in [2.05, 4.69) is 5.32 Å². The highest BCUT2D eigenvalue weighted by Crippen LogP contribution is 2.23. The van der Waals surface area contributed by atoms with Crippen molar-refractivity contribution in [2.45, 2.75) is 39.4 Å². The number of benzene rings is 2. The maximum absolute atomic E-state index is 14.5. The largest absolute Gasteiger partial charge is 0.352 e. The highest BCUT2D eigenvalue weighted by molar-refractivity contribution is 7.90. The summed E-state index contributed by atoms with van der Waals surface area (Å²) in [4.78, 5) is 27.4. The summed E-state index contributed by atoms with van der Waals surface area (Å²) >= 11 is 0. The molecule has 180 valence electrons. The van der Waals surface area contributed by atoms with E-state index in [-0.39, 0.29) is 24.2 Å². The summed E-state index contributed by atoms with van der Waals surface area (Å²) in [6, 6.07) is 13.4. The number of nitrogens with one attached hydrogen (secondary N) is 1. The molecule has 0 aromatic heterocycles. The van der Waals surface area contributed by atoms with Crippen molar-refractivity contribution in [3.63, 3.8) is 0 Å². The fraction of sp³-hybridized carbons (Fsp3) is 0.391. The van der Waals surface area contributed by atoms with Gasteiger partial charge in [0, 0.05) is 26.7 Å². The maximum atomic E-state index is 14.5. The number of amides is 2. The van der Waals surface area contributed by atoms with Crippen molar-refractivity contribution in [3.8, 4) is 0 Å². The molecule has 0 bridgehead atoms. The molecule has 0 saturated heterocycles. The molecule has 0 saturated carbocycles. The third-order valence-corrected chi connectivity index (χ3v) is 6.74. The molecule has 0 fully saturated rings. The van der Waals surface area contributed by atoms with Gasteiger partial charge in [-0.25, -0.2) is 8.70 Å². The average Bonchev–Trinajstić information content (AvgIpc) is 2.75. The highest BCUT2D eigenvalue weighted by Gasteiger charge is 2.33. The Bertz CT molecular complexity index is 1060. The van der Waals surface area contributed by atoms with Crippen LogP contribution in [0.3, 0.4) is 0 Å². The zero-order valence-electron chi connectivity index (χ0n) is 19.5. The molecular weight excluding hydrogens is 447 g/mol. The second kappa shape index (κ2) is 11.2. The van der Waals surface area contributed by atoms with Gasteiger partial charge >= 0.3 is 10.2 Å². The van der Waals surface area contributed by atoms with Gasteiger partial charge in [-0.15, -0.1) is 0 Å². The lowest BCUT2D eigenvalue weighted by atomic mass is 10.1. The van der Waals surface area contributed by atoms with Crippen LogP contribution in [0.1, 0.15) is 26.3 Å². The summed E-state index contributed by atoms with van der Waals surface area (Å²) in [5.74, 6) is -1.79. The molecule has 0 aliphatic heterocycles. The van der Waals surface area contributed by atoms with Crippen LogP contribution in [0.25, 0.3) is 0 Å². The molecule has 1 N–H and O–H groups in total. The minimum atomic E-state index is -4.20. The van der Waals surface area contributed by atoms with E-state index >= 15 is 0 Å². The minimum absolute atomic E-state index is 0.0828. The molecule has 2 aromatic rings. The number of halogens is 1. The van der Waals surface area contributed by atoms with Crippen molar-refractivity contribution in [1.82, 2.24) is 14.5 Å². The molecule has 1 unspecified atom stereocenters. The Hall–Kier alpha value is -2.98. The van der Waals surface area contributed by atoms with Crippen LogP contribution >= 0.6 is 0 Å². The quantitative estimate of drug-likeness (QED) is 0.568. The van der Waals surface area contributed by atoms with E-state index in [0.717, 1.165) is 20.2 Å².